The lowest BCUT2D eigenvalue weighted by Gasteiger charge is -2.41. The monoisotopic (exact) mass is 656 g/mol. The molecule has 3 aromatic rings. The normalized spacial score (nSPS) is 21.8. The summed E-state index contributed by atoms with van der Waals surface area (Å²) in [5.74, 6) is -1.56. The van der Waals surface area contributed by atoms with Crippen LogP contribution in [0, 0.1) is 18.6 Å². The highest BCUT2D eigenvalue weighted by molar-refractivity contribution is 5.80. The molecule has 0 amide bonds. The summed E-state index contributed by atoms with van der Waals surface area (Å²) in [5.41, 5.74) is 1.71. The molecule has 1 saturated heterocycles. The van der Waals surface area contributed by atoms with Crippen LogP contribution >= 0.6 is 0 Å². The first-order chi connectivity index (χ1) is 22.3. The highest BCUT2D eigenvalue weighted by Crippen LogP contribution is 2.38. The van der Waals surface area contributed by atoms with E-state index in [-0.39, 0.29) is 37.3 Å². The minimum atomic E-state index is -1.04. The van der Waals surface area contributed by atoms with Gasteiger partial charge in [0.15, 0.2) is 23.4 Å². The van der Waals surface area contributed by atoms with E-state index >= 15 is 0 Å². The van der Waals surface area contributed by atoms with Gasteiger partial charge in [0, 0.05) is 42.9 Å². The topological polar surface area (TPSA) is 96.7 Å². The molecule has 0 aliphatic carbocycles. The zero-order valence-corrected chi connectivity index (χ0v) is 28.4. The lowest BCUT2D eigenvalue weighted by atomic mass is 9.92. The molecule has 0 N–H and O–H groups in total. The van der Waals surface area contributed by atoms with Gasteiger partial charge in [0.1, 0.15) is 11.6 Å². The van der Waals surface area contributed by atoms with Crippen LogP contribution in [0.3, 0.4) is 0 Å². The van der Waals surface area contributed by atoms with Crippen molar-refractivity contribution in [1.29, 1.82) is 0 Å². The van der Waals surface area contributed by atoms with E-state index in [0.717, 1.165) is 25.0 Å². The van der Waals surface area contributed by atoms with Gasteiger partial charge >= 0.3 is 5.97 Å². The molecule has 256 valence electrons. The van der Waals surface area contributed by atoms with Crippen LogP contribution in [0.15, 0.2) is 30.4 Å². The Morgan fingerprint density at radius 3 is 2.55 bits per heavy atom. The number of esters is 1. The molecule has 4 bridgehead atoms. The van der Waals surface area contributed by atoms with Gasteiger partial charge in [0.2, 0.25) is 0 Å². The summed E-state index contributed by atoms with van der Waals surface area (Å²) in [7, 11) is 0. The maximum Gasteiger partial charge on any atom is 0.340 e. The summed E-state index contributed by atoms with van der Waals surface area (Å²) in [6, 6.07) is 3.97. The van der Waals surface area contributed by atoms with Crippen LogP contribution in [0.4, 0.5) is 14.6 Å². The summed E-state index contributed by atoms with van der Waals surface area (Å²) < 4.78 is 60.4. The quantitative estimate of drug-likeness (QED) is 0.229. The molecule has 12 heteroatoms. The van der Waals surface area contributed by atoms with Gasteiger partial charge in [-0.05, 0) is 67.4 Å². The van der Waals surface area contributed by atoms with Crippen LogP contribution in [-0.2, 0) is 37.0 Å². The molecule has 5 heterocycles. The standard InChI is InChI=1S/C35H46F2N4O6/c1-8-44-33(42)31(47-34(4,5)6)30-23(3)38-29-18-25-21-43-20-24-17-26(36)27(37)19-28(24)46-22(2)11-9-10-16-45-35(7)12-14-40(15-13-35)32(30)41(29)39-25/h9-10,17-19,22,31H,8,11-16,20-21H2,1-7H3/t22-,31-/m0/s1. The SMILES string of the molecule is CCOC(=O)[C@@H](OC(C)(C)C)c1c(C)nc2cc3nn2c1N1CCC(C)(CC1)OCC=CC[C@H](C)Oc1cc(F)c(F)cc1COC3. The molecule has 1 fully saturated rings. The minimum absolute atomic E-state index is 0.0313. The van der Waals surface area contributed by atoms with Crippen LogP contribution in [0.2, 0.25) is 0 Å². The maximum atomic E-state index is 14.3. The summed E-state index contributed by atoms with van der Waals surface area (Å²) in [4.78, 5) is 20.5. The van der Waals surface area contributed by atoms with Crippen LogP contribution in [0.25, 0.3) is 5.65 Å². The maximum absolute atomic E-state index is 14.3. The molecular formula is C35H46F2N4O6. The largest absolute Gasteiger partial charge is 0.490 e. The second kappa shape index (κ2) is 14.2. The Kier molecular flexibility index (Phi) is 10.5. The van der Waals surface area contributed by atoms with Crippen molar-refractivity contribution in [3.8, 4) is 5.75 Å². The number of carbonyl (C=O) groups excluding carboxylic acids is 1. The van der Waals surface area contributed by atoms with E-state index in [1.165, 1.54) is 0 Å². The van der Waals surface area contributed by atoms with Crippen molar-refractivity contribution in [3.63, 3.8) is 0 Å². The number of nitrogens with zero attached hydrogens (tertiary/aromatic N) is 4. The summed E-state index contributed by atoms with van der Waals surface area (Å²) in [6.45, 7) is 15.2. The first-order valence-corrected chi connectivity index (χ1v) is 16.3. The first kappa shape index (κ1) is 34.7. The Labute approximate surface area is 275 Å². The number of hydrogen-bond acceptors (Lipinski definition) is 9. The number of hydrogen-bond donors (Lipinski definition) is 0. The molecule has 3 aliphatic rings. The number of rotatable bonds is 4. The predicted molar refractivity (Wildman–Crippen MR) is 172 cm³/mol. The van der Waals surface area contributed by atoms with Crippen molar-refractivity contribution in [2.45, 2.75) is 104 Å². The van der Waals surface area contributed by atoms with E-state index < -0.39 is 29.3 Å². The predicted octanol–water partition coefficient (Wildman–Crippen LogP) is 6.55. The molecule has 1 aromatic carbocycles. The van der Waals surface area contributed by atoms with Gasteiger partial charge in [-0.1, -0.05) is 12.2 Å². The summed E-state index contributed by atoms with van der Waals surface area (Å²) >= 11 is 0. The van der Waals surface area contributed by atoms with Gasteiger partial charge in [0.05, 0.1) is 55.0 Å². The smallest absolute Gasteiger partial charge is 0.340 e. The number of aryl methyl sites for hydroxylation is 1. The molecule has 3 aliphatic heterocycles. The number of ether oxygens (including phenoxy) is 5. The van der Waals surface area contributed by atoms with Crippen molar-refractivity contribution < 1.29 is 37.3 Å². The second-order valence-corrected chi connectivity index (χ2v) is 13.5. The Balaban J connectivity index is 1.59. The number of anilines is 1. The molecule has 2 aromatic heterocycles. The second-order valence-electron chi connectivity index (χ2n) is 13.5. The fraction of sp³-hybridized carbons (Fsp3) is 0.571. The molecule has 0 spiro atoms. The molecule has 0 saturated carbocycles. The van der Waals surface area contributed by atoms with E-state index in [9.17, 15) is 13.6 Å². The van der Waals surface area contributed by atoms with E-state index in [4.69, 9.17) is 33.8 Å². The van der Waals surface area contributed by atoms with Crippen LogP contribution < -0.4 is 9.64 Å². The van der Waals surface area contributed by atoms with Gasteiger partial charge in [-0.15, -0.1) is 0 Å². The fourth-order valence-corrected chi connectivity index (χ4v) is 5.90. The zero-order valence-electron chi connectivity index (χ0n) is 28.4. The van der Waals surface area contributed by atoms with E-state index in [0.29, 0.717) is 60.1 Å². The molecule has 2 atom stereocenters. The first-order valence-electron chi connectivity index (χ1n) is 16.3. The average Bonchev–Trinajstić information content (AvgIpc) is 3.39. The number of carbonyl (C=O) groups is 1. The van der Waals surface area contributed by atoms with Crippen molar-refractivity contribution in [1.82, 2.24) is 14.6 Å². The lowest BCUT2D eigenvalue weighted by molar-refractivity contribution is -0.166. The number of halogens is 2. The zero-order chi connectivity index (χ0) is 33.9. The van der Waals surface area contributed by atoms with Crippen molar-refractivity contribution in [2.75, 3.05) is 31.2 Å². The van der Waals surface area contributed by atoms with Crippen molar-refractivity contribution in [3.05, 3.63) is 64.5 Å². The number of benzene rings is 1. The number of fused-ring (bicyclic) bond motifs is 9. The molecular weight excluding hydrogens is 610 g/mol. The van der Waals surface area contributed by atoms with Gasteiger partial charge in [-0.25, -0.2) is 18.6 Å². The third-order valence-electron chi connectivity index (χ3n) is 8.31. The Bertz CT molecular complexity index is 1610. The van der Waals surface area contributed by atoms with E-state index in [2.05, 4.69) is 11.8 Å². The van der Waals surface area contributed by atoms with Gasteiger partial charge in [0.25, 0.3) is 0 Å². The van der Waals surface area contributed by atoms with Crippen LogP contribution in [0.1, 0.15) is 89.4 Å². The Morgan fingerprint density at radius 1 is 1.13 bits per heavy atom. The molecule has 47 heavy (non-hydrogen) atoms. The third kappa shape index (κ3) is 8.28. The van der Waals surface area contributed by atoms with E-state index in [1.54, 1.807) is 11.4 Å². The minimum Gasteiger partial charge on any atom is -0.490 e. The lowest BCUT2D eigenvalue weighted by Crippen LogP contribution is -2.45. The summed E-state index contributed by atoms with van der Waals surface area (Å²) in [6.07, 6.45) is 4.63. The van der Waals surface area contributed by atoms with E-state index in [1.807, 2.05) is 52.8 Å². The molecule has 10 nitrogen and oxygen atoms in total. The summed E-state index contributed by atoms with van der Waals surface area (Å²) in [5, 5.41) is 4.88. The third-order valence-corrected chi connectivity index (χ3v) is 8.31. The average molecular weight is 657 g/mol. The van der Waals surface area contributed by atoms with Crippen molar-refractivity contribution >= 4 is 17.4 Å². The van der Waals surface area contributed by atoms with Gasteiger partial charge in [-0.2, -0.15) is 9.61 Å². The van der Waals surface area contributed by atoms with Crippen LogP contribution in [-0.4, -0.2) is 64.2 Å². The Hall–Kier alpha value is -3.61. The highest BCUT2D eigenvalue weighted by Gasteiger charge is 2.38. The number of aromatic nitrogens is 3. The van der Waals surface area contributed by atoms with Gasteiger partial charge < -0.3 is 28.6 Å². The van der Waals surface area contributed by atoms with Crippen molar-refractivity contribution in [2.24, 2.45) is 0 Å². The molecule has 0 radical (unpaired) electrons. The molecule has 0 unspecified atom stereocenters. The fourth-order valence-electron chi connectivity index (χ4n) is 5.90. The highest BCUT2D eigenvalue weighted by atomic mass is 19.2. The Morgan fingerprint density at radius 2 is 1.85 bits per heavy atom. The molecule has 6 rings (SSSR count). The number of piperidine rings is 1. The van der Waals surface area contributed by atoms with Crippen LogP contribution in [0.5, 0.6) is 5.75 Å². The van der Waals surface area contributed by atoms with Gasteiger partial charge in [-0.3, -0.25) is 0 Å².